The molecule has 0 fully saturated rings. The highest BCUT2D eigenvalue weighted by atomic mass is 35.7. The van der Waals surface area contributed by atoms with Crippen molar-refractivity contribution in [2.45, 2.75) is 96.6 Å². The molecule has 0 saturated carbocycles. The average molecular weight is 311 g/mol. The Bertz CT molecular complexity index is 172. The standard InChI is InChI=1S/C15H32Cl2Si/c1-3-5-6-7-8-9-10-11-12-13-15-18(16,17)14-4-2/h3-15H2,1-2H3. The van der Waals surface area contributed by atoms with Crippen molar-refractivity contribution in [3.05, 3.63) is 0 Å². The fraction of sp³-hybridized carbons (Fsp3) is 1.00. The second kappa shape index (κ2) is 12.8. The van der Waals surface area contributed by atoms with Gasteiger partial charge in [0.25, 0.3) is 6.69 Å². The smallest absolute Gasteiger partial charge is 0.146 e. The minimum atomic E-state index is -1.85. The summed E-state index contributed by atoms with van der Waals surface area (Å²) in [5.41, 5.74) is 0. The summed E-state index contributed by atoms with van der Waals surface area (Å²) in [6.07, 6.45) is 15.0. The predicted octanol–water partition coefficient (Wildman–Crippen LogP) is 7.24. The molecule has 0 aliphatic heterocycles. The minimum Gasteiger partial charge on any atom is -0.146 e. The summed E-state index contributed by atoms with van der Waals surface area (Å²) < 4.78 is 0. The van der Waals surface area contributed by atoms with Crippen LogP contribution >= 0.6 is 22.2 Å². The first-order valence-electron chi connectivity index (χ1n) is 8.00. The van der Waals surface area contributed by atoms with E-state index < -0.39 is 6.69 Å². The summed E-state index contributed by atoms with van der Waals surface area (Å²) in [4.78, 5) is 0. The molecule has 0 unspecified atom stereocenters. The largest absolute Gasteiger partial charge is 0.251 e. The van der Waals surface area contributed by atoms with E-state index in [1.807, 2.05) is 0 Å². The van der Waals surface area contributed by atoms with E-state index >= 15 is 0 Å². The first-order chi connectivity index (χ1) is 8.62. The van der Waals surface area contributed by atoms with Gasteiger partial charge in [-0.3, -0.25) is 0 Å². The first-order valence-corrected chi connectivity index (χ1v) is 12.4. The van der Waals surface area contributed by atoms with Gasteiger partial charge in [-0.25, -0.2) is 0 Å². The fourth-order valence-corrected chi connectivity index (χ4v) is 6.05. The fourth-order valence-electron chi connectivity index (χ4n) is 2.36. The summed E-state index contributed by atoms with van der Waals surface area (Å²) in [5.74, 6) is 0. The highest BCUT2D eigenvalue weighted by Crippen LogP contribution is 2.29. The van der Waals surface area contributed by atoms with E-state index in [1.165, 1.54) is 64.2 Å². The van der Waals surface area contributed by atoms with Gasteiger partial charge in [0.05, 0.1) is 0 Å². The molecule has 0 nitrogen and oxygen atoms in total. The lowest BCUT2D eigenvalue weighted by molar-refractivity contribution is 0.562. The van der Waals surface area contributed by atoms with Gasteiger partial charge in [-0.05, 0) is 12.1 Å². The summed E-state index contributed by atoms with van der Waals surface area (Å²) in [7, 11) is 0. The third kappa shape index (κ3) is 13.2. The Kier molecular flexibility index (Phi) is 13.4. The molecule has 0 atom stereocenters. The van der Waals surface area contributed by atoms with Crippen molar-refractivity contribution in [1.82, 2.24) is 0 Å². The summed E-state index contributed by atoms with van der Waals surface area (Å²) in [5, 5.41) is 0. The van der Waals surface area contributed by atoms with E-state index in [-0.39, 0.29) is 0 Å². The predicted molar refractivity (Wildman–Crippen MR) is 89.2 cm³/mol. The van der Waals surface area contributed by atoms with Gasteiger partial charge in [-0.15, -0.1) is 22.2 Å². The van der Waals surface area contributed by atoms with Crippen LogP contribution in [-0.4, -0.2) is 6.69 Å². The van der Waals surface area contributed by atoms with Crippen LogP contribution in [0.1, 0.15) is 84.5 Å². The Morgan fingerprint density at radius 3 is 1.44 bits per heavy atom. The average Bonchev–Trinajstić information content (AvgIpc) is 2.31. The van der Waals surface area contributed by atoms with Gasteiger partial charge in [-0.2, -0.15) is 0 Å². The summed E-state index contributed by atoms with van der Waals surface area (Å²) in [6, 6.07) is 2.16. The SMILES string of the molecule is CCCCCCCCCCCC[Si](Cl)(Cl)CCC. The van der Waals surface area contributed by atoms with Crippen LogP contribution in [0.3, 0.4) is 0 Å². The van der Waals surface area contributed by atoms with Crippen molar-refractivity contribution in [1.29, 1.82) is 0 Å². The lowest BCUT2D eigenvalue weighted by atomic mass is 10.1. The molecule has 0 aromatic rings. The van der Waals surface area contributed by atoms with Gasteiger partial charge in [0.1, 0.15) is 0 Å². The quantitative estimate of drug-likeness (QED) is 0.191. The van der Waals surface area contributed by atoms with Crippen molar-refractivity contribution in [2.24, 2.45) is 0 Å². The molecule has 0 aromatic heterocycles. The zero-order chi connectivity index (χ0) is 13.7. The number of hydrogen-bond acceptors (Lipinski definition) is 0. The second-order valence-corrected chi connectivity index (χ2v) is 13.2. The molecule has 110 valence electrons. The van der Waals surface area contributed by atoms with Crippen molar-refractivity contribution >= 4 is 28.9 Å². The number of unbranched alkanes of at least 4 members (excludes halogenated alkanes) is 9. The molecule has 0 N–H and O–H groups in total. The molecule has 0 radical (unpaired) electrons. The molecule has 0 aliphatic rings. The monoisotopic (exact) mass is 310 g/mol. The van der Waals surface area contributed by atoms with Crippen LogP contribution in [0.4, 0.5) is 0 Å². The lowest BCUT2D eigenvalue weighted by Crippen LogP contribution is -2.17. The summed E-state index contributed by atoms with van der Waals surface area (Å²) in [6.45, 7) is 2.60. The molecule has 0 amide bonds. The Labute approximate surface area is 125 Å². The molecule has 0 rings (SSSR count). The maximum Gasteiger partial charge on any atom is 0.251 e. The van der Waals surface area contributed by atoms with Crippen LogP contribution in [0.5, 0.6) is 0 Å². The van der Waals surface area contributed by atoms with Gasteiger partial charge >= 0.3 is 0 Å². The normalized spacial score (nSPS) is 12.0. The zero-order valence-electron chi connectivity index (χ0n) is 12.4. The molecular formula is C15H32Cl2Si. The molecule has 0 aliphatic carbocycles. The lowest BCUT2D eigenvalue weighted by Gasteiger charge is -2.14. The molecule has 0 spiro atoms. The molecular weight excluding hydrogens is 279 g/mol. The van der Waals surface area contributed by atoms with Crippen LogP contribution in [0, 0.1) is 0 Å². The van der Waals surface area contributed by atoms with Gasteiger partial charge in [0, 0.05) is 0 Å². The maximum atomic E-state index is 6.35. The van der Waals surface area contributed by atoms with Gasteiger partial charge in [-0.1, -0.05) is 84.5 Å². The zero-order valence-corrected chi connectivity index (χ0v) is 15.0. The summed E-state index contributed by atoms with van der Waals surface area (Å²) >= 11 is 12.7. The van der Waals surface area contributed by atoms with Crippen molar-refractivity contribution in [3.63, 3.8) is 0 Å². The molecule has 0 saturated heterocycles. The second-order valence-electron chi connectivity index (χ2n) is 5.54. The van der Waals surface area contributed by atoms with Crippen LogP contribution < -0.4 is 0 Å². The highest BCUT2D eigenvalue weighted by molar-refractivity contribution is 7.45. The number of rotatable bonds is 13. The van der Waals surface area contributed by atoms with Gasteiger partial charge in [0.15, 0.2) is 0 Å². The van der Waals surface area contributed by atoms with Crippen LogP contribution in [0.2, 0.25) is 12.1 Å². The van der Waals surface area contributed by atoms with E-state index in [0.29, 0.717) is 0 Å². The maximum absolute atomic E-state index is 6.35. The van der Waals surface area contributed by atoms with Gasteiger partial charge < -0.3 is 0 Å². The van der Waals surface area contributed by atoms with Crippen LogP contribution in [0.25, 0.3) is 0 Å². The van der Waals surface area contributed by atoms with E-state index in [2.05, 4.69) is 13.8 Å². The van der Waals surface area contributed by atoms with Crippen molar-refractivity contribution < 1.29 is 0 Å². The van der Waals surface area contributed by atoms with Crippen LogP contribution in [-0.2, 0) is 0 Å². The third-order valence-electron chi connectivity index (χ3n) is 3.51. The highest BCUT2D eigenvalue weighted by Gasteiger charge is 2.25. The van der Waals surface area contributed by atoms with Gasteiger partial charge in [0.2, 0.25) is 0 Å². The van der Waals surface area contributed by atoms with Crippen LogP contribution in [0.15, 0.2) is 0 Å². The van der Waals surface area contributed by atoms with Crippen molar-refractivity contribution in [2.75, 3.05) is 0 Å². The Hall–Kier alpha value is 0.797. The molecule has 0 heterocycles. The molecule has 18 heavy (non-hydrogen) atoms. The minimum absolute atomic E-state index is 1.06. The number of halogens is 2. The topological polar surface area (TPSA) is 0 Å². The van der Waals surface area contributed by atoms with Crippen molar-refractivity contribution in [3.8, 4) is 0 Å². The van der Waals surface area contributed by atoms with E-state index in [1.54, 1.807) is 0 Å². The molecule has 0 aromatic carbocycles. The Morgan fingerprint density at radius 2 is 1.00 bits per heavy atom. The number of hydrogen-bond donors (Lipinski definition) is 0. The Balaban J connectivity index is 3.16. The first kappa shape index (κ1) is 18.8. The van der Waals surface area contributed by atoms with E-state index in [4.69, 9.17) is 22.2 Å². The molecule has 0 bridgehead atoms. The van der Waals surface area contributed by atoms with E-state index in [0.717, 1.165) is 18.5 Å². The Morgan fingerprint density at radius 1 is 0.556 bits per heavy atom. The molecule has 3 heteroatoms. The van der Waals surface area contributed by atoms with E-state index in [9.17, 15) is 0 Å². The third-order valence-corrected chi connectivity index (χ3v) is 8.10.